The zero-order chi connectivity index (χ0) is 30.3. The monoisotopic (exact) mass is 591 g/mol. The Bertz CT molecular complexity index is 393. The molecular formula is C41H84N. The van der Waals surface area contributed by atoms with Gasteiger partial charge in [-0.25, -0.2) is 0 Å². The fourth-order valence-corrected chi connectivity index (χ4v) is 6.53. The van der Waals surface area contributed by atoms with Gasteiger partial charge in [-0.1, -0.05) is 239 Å². The van der Waals surface area contributed by atoms with E-state index in [4.69, 9.17) is 0 Å². The van der Waals surface area contributed by atoms with E-state index in [9.17, 15) is 0 Å². The standard InChI is InChI=1S/C41H84N/c1-3-5-7-8-9-10-11-12-13-14-15-16-17-18-19-20-21-22-23-24-25-26-27-28-29-30-31-32-33-34-35-36-37-38-39-41-42-40-6-4-2/h42H,2-41H2,1H3. The van der Waals surface area contributed by atoms with Crippen molar-refractivity contribution in [1.82, 2.24) is 5.32 Å². The molecule has 0 unspecified atom stereocenters. The van der Waals surface area contributed by atoms with E-state index < -0.39 is 0 Å². The van der Waals surface area contributed by atoms with Crippen molar-refractivity contribution in [1.29, 1.82) is 0 Å². The summed E-state index contributed by atoms with van der Waals surface area (Å²) in [4.78, 5) is 0. The largest absolute Gasteiger partial charge is 0.317 e. The van der Waals surface area contributed by atoms with Crippen LogP contribution < -0.4 is 5.32 Å². The van der Waals surface area contributed by atoms with Crippen molar-refractivity contribution >= 4 is 0 Å². The van der Waals surface area contributed by atoms with E-state index in [1.54, 1.807) is 0 Å². The van der Waals surface area contributed by atoms with Crippen molar-refractivity contribution in [2.45, 2.75) is 244 Å². The fourth-order valence-electron chi connectivity index (χ4n) is 6.53. The van der Waals surface area contributed by atoms with Crippen molar-refractivity contribution in [2.75, 3.05) is 13.1 Å². The molecule has 1 radical (unpaired) electrons. The van der Waals surface area contributed by atoms with Crippen LogP contribution in [-0.2, 0) is 0 Å². The predicted octanol–water partition coefficient (Wildman–Crippen LogP) is 14.9. The lowest BCUT2D eigenvalue weighted by atomic mass is 10.0. The van der Waals surface area contributed by atoms with Gasteiger partial charge in [-0.2, -0.15) is 0 Å². The molecule has 0 bridgehead atoms. The second-order valence-corrected chi connectivity index (χ2v) is 14.0. The van der Waals surface area contributed by atoms with Crippen LogP contribution >= 0.6 is 0 Å². The maximum atomic E-state index is 3.89. The molecule has 0 fully saturated rings. The smallest absolute Gasteiger partial charge is 0.00489 e. The average molecular weight is 591 g/mol. The number of nitrogens with one attached hydrogen (secondary N) is 1. The molecule has 0 saturated carbocycles. The highest BCUT2D eigenvalue weighted by Gasteiger charge is 1.97. The molecule has 253 valence electrons. The maximum Gasteiger partial charge on any atom is -0.00489 e. The topological polar surface area (TPSA) is 12.0 Å². The molecule has 0 aromatic carbocycles. The Morgan fingerprint density at radius 3 is 0.667 bits per heavy atom. The summed E-state index contributed by atoms with van der Waals surface area (Å²) in [7, 11) is 0. The Balaban J connectivity index is 3.02. The van der Waals surface area contributed by atoms with E-state index in [0.29, 0.717) is 0 Å². The predicted molar refractivity (Wildman–Crippen MR) is 195 cm³/mol. The molecule has 0 aliphatic rings. The van der Waals surface area contributed by atoms with Crippen LogP contribution in [0.15, 0.2) is 0 Å². The summed E-state index contributed by atoms with van der Waals surface area (Å²) < 4.78 is 0. The van der Waals surface area contributed by atoms with Crippen LogP contribution in [0.2, 0.25) is 0 Å². The molecule has 0 saturated heterocycles. The third-order valence-electron chi connectivity index (χ3n) is 9.56. The van der Waals surface area contributed by atoms with Gasteiger partial charge in [0, 0.05) is 0 Å². The van der Waals surface area contributed by atoms with Crippen molar-refractivity contribution in [3.8, 4) is 0 Å². The van der Waals surface area contributed by atoms with Gasteiger partial charge < -0.3 is 5.32 Å². The minimum Gasteiger partial charge on any atom is -0.317 e. The van der Waals surface area contributed by atoms with Crippen molar-refractivity contribution in [3.05, 3.63) is 6.92 Å². The van der Waals surface area contributed by atoms with Gasteiger partial charge in [0.1, 0.15) is 0 Å². The van der Waals surface area contributed by atoms with Crippen molar-refractivity contribution in [2.24, 2.45) is 0 Å². The zero-order valence-electron chi connectivity index (χ0n) is 29.8. The first-order valence-corrected chi connectivity index (χ1v) is 20.4. The number of unbranched alkanes of at least 4 members (excludes halogenated alkanes) is 35. The third-order valence-corrected chi connectivity index (χ3v) is 9.56. The molecular weight excluding hydrogens is 506 g/mol. The van der Waals surface area contributed by atoms with Gasteiger partial charge in [0.2, 0.25) is 0 Å². The Labute approximate surface area is 269 Å². The van der Waals surface area contributed by atoms with Gasteiger partial charge in [0.05, 0.1) is 0 Å². The molecule has 0 aliphatic heterocycles. The van der Waals surface area contributed by atoms with E-state index in [1.165, 1.54) is 238 Å². The summed E-state index contributed by atoms with van der Waals surface area (Å²) in [5, 5.41) is 3.52. The van der Waals surface area contributed by atoms with E-state index in [1.807, 2.05) is 0 Å². The highest BCUT2D eigenvalue weighted by atomic mass is 14.8. The molecule has 0 amide bonds. The molecule has 0 aromatic rings. The number of rotatable bonds is 39. The SMILES string of the molecule is [CH2]CCCNCCCCCCCCCCCCCCCCCCCCCCCCCCCCCCCCCCCCC. The lowest BCUT2D eigenvalue weighted by molar-refractivity contribution is 0.510. The van der Waals surface area contributed by atoms with Gasteiger partial charge in [-0.15, -0.1) is 0 Å². The Hall–Kier alpha value is -0.0400. The van der Waals surface area contributed by atoms with Gasteiger partial charge >= 0.3 is 0 Å². The normalized spacial score (nSPS) is 11.6. The van der Waals surface area contributed by atoms with E-state index in [0.717, 1.165) is 13.0 Å². The zero-order valence-corrected chi connectivity index (χ0v) is 29.8. The minimum atomic E-state index is 1.06. The second-order valence-electron chi connectivity index (χ2n) is 14.0. The molecule has 0 aromatic heterocycles. The van der Waals surface area contributed by atoms with Crippen molar-refractivity contribution in [3.63, 3.8) is 0 Å². The van der Waals surface area contributed by atoms with E-state index in [2.05, 4.69) is 19.2 Å². The summed E-state index contributed by atoms with van der Waals surface area (Å²) in [5.74, 6) is 0. The van der Waals surface area contributed by atoms with Crippen LogP contribution in [0, 0.1) is 6.92 Å². The Morgan fingerprint density at radius 2 is 0.452 bits per heavy atom. The number of hydrogen-bond acceptors (Lipinski definition) is 1. The Morgan fingerprint density at radius 1 is 0.262 bits per heavy atom. The van der Waals surface area contributed by atoms with Crippen LogP contribution in [-0.4, -0.2) is 13.1 Å². The van der Waals surface area contributed by atoms with Gasteiger partial charge in [0.15, 0.2) is 0 Å². The molecule has 0 heterocycles. The van der Waals surface area contributed by atoms with Crippen LogP contribution in [0.1, 0.15) is 244 Å². The highest BCUT2D eigenvalue weighted by Crippen LogP contribution is 2.17. The molecule has 0 spiro atoms. The number of hydrogen-bond donors (Lipinski definition) is 1. The Kier molecular flexibility index (Phi) is 40.9. The molecule has 1 heteroatoms. The molecule has 0 rings (SSSR count). The second kappa shape index (κ2) is 41.0. The van der Waals surface area contributed by atoms with Crippen LogP contribution in [0.25, 0.3) is 0 Å². The molecule has 1 N–H and O–H groups in total. The average Bonchev–Trinajstić information content (AvgIpc) is 3.00. The van der Waals surface area contributed by atoms with Crippen LogP contribution in [0.5, 0.6) is 0 Å². The molecule has 0 atom stereocenters. The molecule has 0 aliphatic carbocycles. The summed E-state index contributed by atoms with van der Waals surface area (Å²) in [6.45, 7) is 8.56. The first-order valence-electron chi connectivity index (χ1n) is 20.4. The first kappa shape index (κ1) is 42.0. The molecule has 42 heavy (non-hydrogen) atoms. The fraction of sp³-hybridized carbons (Fsp3) is 0.976. The van der Waals surface area contributed by atoms with Gasteiger partial charge in [0.25, 0.3) is 0 Å². The summed E-state index contributed by atoms with van der Waals surface area (Å²) >= 11 is 0. The van der Waals surface area contributed by atoms with Crippen LogP contribution in [0.3, 0.4) is 0 Å². The lowest BCUT2D eigenvalue weighted by Gasteiger charge is -2.05. The summed E-state index contributed by atoms with van der Waals surface area (Å²) in [5.41, 5.74) is 0. The van der Waals surface area contributed by atoms with E-state index >= 15 is 0 Å². The quantitative estimate of drug-likeness (QED) is 0.0702. The van der Waals surface area contributed by atoms with E-state index in [-0.39, 0.29) is 0 Å². The summed E-state index contributed by atoms with van der Waals surface area (Å²) in [6.07, 6.45) is 53.9. The maximum absolute atomic E-state index is 3.89. The van der Waals surface area contributed by atoms with Crippen LogP contribution in [0.4, 0.5) is 0 Å². The van der Waals surface area contributed by atoms with Gasteiger partial charge in [-0.05, 0) is 25.9 Å². The summed E-state index contributed by atoms with van der Waals surface area (Å²) in [6, 6.07) is 0. The third kappa shape index (κ3) is 40.0. The highest BCUT2D eigenvalue weighted by molar-refractivity contribution is 4.54. The lowest BCUT2D eigenvalue weighted by Crippen LogP contribution is -2.16. The molecule has 1 nitrogen and oxygen atoms in total. The minimum absolute atomic E-state index is 1.06. The van der Waals surface area contributed by atoms with Crippen molar-refractivity contribution < 1.29 is 0 Å². The van der Waals surface area contributed by atoms with Gasteiger partial charge in [-0.3, -0.25) is 0 Å². The first-order chi connectivity index (χ1) is 20.9.